The number of anilines is 1. The number of hydrogen-bond donors (Lipinski definition) is 1. The van der Waals surface area contributed by atoms with Crippen molar-refractivity contribution in [3.8, 4) is 11.4 Å². The molecule has 2 rings (SSSR count). The van der Waals surface area contributed by atoms with Gasteiger partial charge in [0, 0.05) is 17.8 Å². The Bertz CT molecular complexity index is 490. The molecule has 90 valence electrons. The van der Waals surface area contributed by atoms with E-state index in [4.69, 9.17) is 5.73 Å². The van der Waals surface area contributed by atoms with E-state index in [9.17, 15) is 0 Å². The average molecular weight is 230 g/mol. The Morgan fingerprint density at radius 1 is 1.41 bits per heavy atom. The summed E-state index contributed by atoms with van der Waals surface area (Å²) in [7, 11) is 0. The van der Waals surface area contributed by atoms with Crippen LogP contribution in [-0.2, 0) is 6.54 Å². The number of nitrogens with zero attached hydrogens (tertiary/aromatic N) is 3. The highest BCUT2D eigenvalue weighted by atomic mass is 15.3. The van der Waals surface area contributed by atoms with Crippen LogP contribution in [0.15, 0.2) is 30.6 Å². The van der Waals surface area contributed by atoms with Crippen molar-refractivity contribution in [3.63, 3.8) is 0 Å². The summed E-state index contributed by atoms with van der Waals surface area (Å²) in [6.07, 6.45) is 2.93. The van der Waals surface area contributed by atoms with Gasteiger partial charge in [-0.3, -0.25) is 4.68 Å². The number of rotatable bonds is 4. The minimum atomic E-state index is 0.616. The Hall–Kier alpha value is -1.84. The van der Waals surface area contributed by atoms with E-state index in [-0.39, 0.29) is 0 Å². The maximum atomic E-state index is 5.74. The van der Waals surface area contributed by atoms with Gasteiger partial charge < -0.3 is 5.73 Å². The quantitative estimate of drug-likeness (QED) is 0.821. The van der Waals surface area contributed by atoms with Crippen LogP contribution in [0.3, 0.4) is 0 Å². The first-order valence-electron chi connectivity index (χ1n) is 5.94. The zero-order valence-electron chi connectivity index (χ0n) is 10.3. The van der Waals surface area contributed by atoms with Gasteiger partial charge in [0.05, 0.1) is 0 Å². The van der Waals surface area contributed by atoms with Gasteiger partial charge >= 0.3 is 0 Å². The van der Waals surface area contributed by atoms with Gasteiger partial charge in [-0.2, -0.15) is 5.10 Å². The average Bonchev–Trinajstić information content (AvgIpc) is 2.77. The predicted octanol–water partition coefficient (Wildman–Crippen LogP) is 2.57. The van der Waals surface area contributed by atoms with Crippen LogP contribution >= 0.6 is 0 Å². The van der Waals surface area contributed by atoms with Crippen molar-refractivity contribution in [1.29, 1.82) is 0 Å². The third-order valence-electron chi connectivity index (χ3n) is 2.88. The lowest BCUT2D eigenvalue weighted by molar-refractivity contribution is 0.439. The minimum Gasteiger partial charge on any atom is -0.399 e. The van der Waals surface area contributed by atoms with Crippen LogP contribution in [-0.4, -0.2) is 14.8 Å². The molecule has 1 heterocycles. The van der Waals surface area contributed by atoms with Crippen molar-refractivity contribution in [3.05, 3.63) is 30.6 Å². The number of aromatic nitrogens is 3. The second kappa shape index (κ2) is 4.99. The van der Waals surface area contributed by atoms with Gasteiger partial charge in [-0.1, -0.05) is 32.4 Å². The molecule has 4 nitrogen and oxygen atoms in total. The molecule has 1 atom stereocenters. The van der Waals surface area contributed by atoms with Crippen molar-refractivity contribution in [2.75, 3.05) is 5.73 Å². The molecule has 0 aliphatic heterocycles. The predicted molar refractivity (Wildman–Crippen MR) is 69.3 cm³/mol. The van der Waals surface area contributed by atoms with Crippen molar-refractivity contribution in [2.24, 2.45) is 5.92 Å². The molecule has 4 heteroatoms. The molecule has 0 spiro atoms. The topological polar surface area (TPSA) is 56.7 Å². The normalized spacial score (nSPS) is 12.6. The van der Waals surface area contributed by atoms with Crippen LogP contribution in [0.2, 0.25) is 0 Å². The zero-order valence-corrected chi connectivity index (χ0v) is 10.3. The molecule has 0 saturated heterocycles. The molecule has 0 saturated carbocycles. The Morgan fingerprint density at radius 3 is 2.94 bits per heavy atom. The SMILES string of the molecule is CCC(C)Cn1cnc(-c2cccc(N)c2)n1. The minimum absolute atomic E-state index is 0.616. The van der Waals surface area contributed by atoms with Crippen molar-refractivity contribution in [1.82, 2.24) is 14.8 Å². The lowest BCUT2D eigenvalue weighted by Crippen LogP contribution is -2.07. The summed E-state index contributed by atoms with van der Waals surface area (Å²) in [6, 6.07) is 7.64. The highest BCUT2D eigenvalue weighted by Gasteiger charge is 2.06. The highest BCUT2D eigenvalue weighted by Crippen LogP contribution is 2.17. The van der Waals surface area contributed by atoms with Gasteiger partial charge in [0.25, 0.3) is 0 Å². The Morgan fingerprint density at radius 2 is 2.24 bits per heavy atom. The summed E-state index contributed by atoms with van der Waals surface area (Å²) in [4.78, 5) is 4.31. The maximum Gasteiger partial charge on any atom is 0.181 e. The first-order valence-corrected chi connectivity index (χ1v) is 5.94. The number of hydrogen-bond acceptors (Lipinski definition) is 3. The summed E-state index contributed by atoms with van der Waals surface area (Å²) in [5.74, 6) is 1.35. The summed E-state index contributed by atoms with van der Waals surface area (Å²) in [5, 5.41) is 4.46. The molecule has 17 heavy (non-hydrogen) atoms. The smallest absolute Gasteiger partial charge is 0.181 e. The van der Waals surface area contributed by atoms with Crippen LogP contribution in [0.4, 0.5) is 5.69 Å². The molecule has 1 aromatic heterocycles. The van der Waals surface area contributed by atoms with Crippen LogP contribution in [0.25, 0.3) is 11.4 Å². The van der Waals surface area contributed by atoms with Crippen molar-refractivity contribution < 1.29 is 0 Å². The van der Waals surface area contributed by atoms with Gasteiger partial charge in [-0.15, -0.1) is 0 Å². The Labute approximate surface area is 101 Å². The highest BCUT2D eigenvalue weighted by molar-refractivity contribution is 5.60. The number of nitrogens with two attached hydrogens (primary N) is 1. The van der Waals surface area contributed by atoms with Gasteiger partial charge in [-0.25, -0.2) is 4.98 Å². The third kappa shape index (κ3) is 2.84. The fourth-order valence-electron chi connectivity index (χ4n) is 1.64. The summed E-state index contributed by atoms with van der Waals surface area (Å²) >= 11 is 0. The van der Waals surface area contributed by atoms with Crippen LogP contribution in [0, 0.1) is 5.92 Å². The van der Waals surface area contributed by atoms with Crippen molar-refractivity contribution in [2.45, 2.75) is 26.8 Å². The molecule has 0 aliphatic rings. The van der Waals surface area contributed by atoms with Gasteiger partial charge in [0.15, 0.2) is 5.82 Å². The summed E-state index contributed by atoms with van der Waals surface area (Å²) in [6.45, 7) is 5.30. The van der Waals surface area contributed by atoms with E-state index in [1.807, 2.05) is 28.9 Å². The molecular formula is C13H18N4. The fourth-order valence-corrected chi connectivity index (χ4v) is 1.64. The standard InChI is InChI=1S/C13H18N4/c1-3-10(2)8-17-9-15-13(16-17)11-5-4-6-12(14)7-11/h4-7,9-10H,3,8,14H2,1-2H3. The Balaban J connectivity index is 2.18. The van der Waals surface area contributed by atoms with E-state index >= 15 is 0 Å². The van der Waals surface area contributed by atoms with E-state index in [1.165, 1.54) is 0 Å². The molecule has 0 amide bonds. The van der Waals surface area contributed by atoms with E-state index in [0.717, 1.165) is 30.0 Å². The lowest BCUT2D eigenvalue weighted by Gasteiger charge is -2.06. The van der Waals surface area contributed by atoms with E-state index < -0.39 is 0 Å². The van der Waals surface area contributed by atoms with Gasteiger partial charge in [0.1, 0.15) is 6.33 Å². The second-order valence-corrected chi connectivity index (χ2v) is 4.43. The monoisotopic (exact) mass is 230 g/mol. The summed E-state index contributed by atoms with van der Waals surface area (Å²) < 4.78 is 1.90. The second-order valence-electron chi connectivity index (χ2n) is 4.43. The van der Waals surface area contributed by atoms with Crippen LogP contribution < -0.4 is 5.73 Å². The zero-order chi connectivity index (χ0) is 12.3. The first kappa shape index (κ1) is 11.6. The summed E-state index contributed by atoms with van der Waals surface area (Å²) in [5.41, 5.74) is 7.45. The molecule has 0 bridgehead atoms. The molecule has 1 aromatic carbocycles. The van der Waals surface area contributed by atoms with Crippen molar-refractivity contribution >= 4 is 5.69 Å². The molecule has 0 fully saturated rings. The molecule has 1 unspecified atom stereocenters. The van der Waals surface area contributed by atoms with Gasteiger partial charge in [0.2, 0.25) is 0 Å². The Kier molecular flexibility index (Phi) is 3.42. The largest absolute Gasteiger partial charge is 0.399 e. The first-order chi connectivity index (χ1) is 8.19. The number of benzene rings is 1. The molecule has 0 aliphatic carbocycles. The van der Waals surface area contributed by atoms with E-state index in [0.29, 0.717) is 5.92 Å². The van der Waals surface area contributed by atoms with Crippen LogP contribution in [0.1, 0.15) is 20.3 Å². The molecule has 2 aromatic rings. The molecule has 0 radical (unpaired) electrons. The van der Waals surface area contributed by atoms with E-state index in [2.05, 4.69) is 23.9 Å². The van der Waals surface area contributed by atoms with Crippen LogP contribution in [0.5, 0.6) is 0 Å². The molecule has 2 N–H and O–H groups in total. The fraction of sp³-hybridized carbons (Fsp3) is 0.385. The molecular weight excluding hydrogens is 212 g/mol. The maximum absolute atomic E-state index is 5.74. The lowest BCUT2D eigenvalue weighted by atomic mass is 10.1. The number of nitrogen functional groups attached to an aromatic ring is 1. The van der Waals surface area contributed by atoms with E-state index in [1.54, 1.807) is 6.33 Å². The van der Waals surface area contributed by atoms with Gasteiger partial charge in [-0.05, 0) is 18.1 Å². The third-order valence-corrected chi connectivity index (χ3v) is 2.88.